The summed E-state index contributed by atoms with van der Waals surface area (Å²) in [5.74, 6) is 0.431. The number of rotatable bonds is 8. The Kier molecular flexibility index (Phi) is 5.37. The predicted molar refractivity (Wildman–Crippen MR) is 93.0 cm³/mol. The van der Waals surface area contributed by atoms with E-state index in [4.69, 9.17) is 0 Å². The molecule has 3 heterocycles. The summed E-state index contributed by atoms with van der Waals surface area (Å²) in [5, 5.41) is 14.9. The first kappa shape index (κ1) is 16.8. The van der Waals surface area contributed by atoms with E-state index in [9.17, 15) is 9.90 Å². The summed E-state index contributed by atoms with van der Waals surface area (Å²) < 4.78 is 1.65. The highest BCUT2D eigenvalue weighted by molar-refractivity contribution is 7.18. The van der Waals surface area contributed by atoms with Crippen LogP contribution in [-0.2, 0) is 13.0 Å². The molecule has 3 aromatic rings. The molecule has 2 atom stereocenters. The maximum absolute atomic E-state index is 11.7. The van der Waals surface area contributed by atoms with Crippen LogP contribution >= 0.6 is 11.3 Å². The van der Waals surface area contributed by atoms with Gasteiger partial charge in [-0.3, -0.25) is 9.48 Å². The van der Waals surface area contributed by atoms with Gasteiger partial charge >= 0.3 is 0 Å². The number of hydrogen-bond acceptors (Lipinski definition) is 6. The fraction of sp³-hybridized carbons (Fsp3) is 0.500. The van der Waals surface area contributed by atoms with Crippen molar-refractivity contribution in [1.82, 2.24) is 24.7 Å². The van der Waals surface area contributed by atoms with Gasteiger partial charge < -0.3 is 10.1 Å². The molecule has 2 unspecified atom stereocenters. The predicted octanol–water partition coefficient (Wildman–Crippen LogP) is 1.99. The van der Waals surface area contributed by atoms with Crippen LogP contribution < -0.4 is 5.56 Å². The minimum Gasteiger partial charge on any atom is -0.391 e. The van der Waals surface area contributed by atoms with E-state index in [2.05, 4.69) is 27.0 Å². The van der Waals surface area contributed by atoms with Gasteiger partial charge in [-0.05, 0) is 31.2 Å². The first-order valence-corrected chi connectivity index (χ1v) is 8.94. The van der Waals surface area contributed by atoms with Crippen molar-refractivity contribution in [2.45, 2.75) is 45.3 Å². The summed E-state index contributed by atoms with van der Waals surface area (Å²) in [7, 11) is 0. The van der Waals surface area contributed by atoms with Gasteiger partial charge in [0, 0.05) is 4.88 Å². The highest BCUT2D eigenvalue weighted by Gasteiger charge is 2.15. The Balaban J connectivity index is 1.56. The summed E-state index contributed by atoms with van der Waals surface area (Å²) in [6.45, 7) is 2.61. The van der Waals surface area contributed by atoms with Crippen LogP contribution in [0.25, 0.3) is 10.2 Å². The first-order valence-electron chi connectivity index (χ1n) is 8.12. The number of aromatic nitrogens is 5. The Morgan fingerprint density at radius 3 is 3.04 bits per heavy atom. The number of thiophene rings is 1. The number of fused-ring (bicyclic) bond motifs is 1. The van der Waals surface area contributed by atoms with Crippen LogP contribution in [0.5, 0.6) is 0 Å². The number of H-pyrrole nitrogens is 1. The molecule has 0 aliphatic carbocycles. The lowest BCUT2D eigenvalue weighted by molar-refractivity contribution is 0.116. The monoisotopic (exact) mass is 347 g/mol. The van der Waals surface area contributed by atoms with Gasteiger partial charge in [-0.2, -0.15) is 5.10 Å². The summed E-state index contributed by atoms with van der Waals surface area (Å²) in [6.07, 6.45) is 7.74. The Hall–Kier alpha value is -2.06. The Labute approximate surface area is 143 Å². The van der Waals surface area contributed by atoms with Crippen LogP contribution in [-0.4, -0.2) is 35.9 Å². The third-order valence-corrected chi connectivity index (χ3v) is 5.33. The van der Waals surface area contributed by atoms with Crippen molar-refractivity contribution in [2.75, 3.05) is 0 Å². The number of aromatic amines is 1. The van der Waals surface area contributed by atoms with Gasteiger partial charge in [-0.1, -0.05) is 13.3 Å². The van der Waals surface area contributed by atoms with E-state index in [0.717, 1.165) is 30.5 Å². The summed E-state index contributed by atoms with van der Waals surface area (Å²) in [5.41, 5.74) is -0.0854. The molecule has 128 valence electrons. The van der Waals surface area contributed by atoms with Crippen molar-refractivity contribution >= 4 is 21.6 Å². The second-order valence-corrected chi connectivity index (χ2v) is 7.10. The van der Waals surface area contributed by atoms with Gasteiger partial charge in [0.15, 0.2) is 0 Å². The molecule has 0 aliphatic rings. The minimum atomic E-state index is -0.427. The largest absolute Gasteiger partial charge is 0.391 e. The summed E-state index contributed by atoms with van der Waals surface area (Å²) >= 11 is 1.57. The van der Waals surface area contributed by atoms with Crippen molar-refractivity contribution in [2.24, 2.45) is 5.92 Å². The smallest absolute Gasteiger partial charge is 0.259 e. The molecule has 0 radical (unpaired) electrons. The van der Waals surface area contributed by atoms with Crippen LogP contribution in [0.2, 0.25) is 0 Å². The fourth-order valence-corrected chi connectivity index (χ4v) is 3.89. The normalized spacial score (nSPS) is 14.1. The summed E-state index contributed by atoms with van der Waals surface area (Å²) in [6, 6.07) is 1.93. The van der Waals surface area contributed by atoms with Gasteiger partial charge in [-0.15, -0.1) is 11.3 Å². The van der Waals surface area contributed by atoms with Crippen molar-refractivity contribution in [1.29, 1.82) is 0 Å². The molecular formula is C16H21N5O2S. The molecule has 0 aromatic carbocycles. The molecule has 7 nitrogen and oxygen atoms in total. The number of nitrogens with one attached hydrogen (secondary N) is 1. The highest BCUT2D eigenvalue weighted by Crippen LogP contribution is 2.25. The molecular weight excluding hydrogens is 326 g/mol. The van der Waals surface area contributed by atoms with Crippen LogP contribution in [0.1, 0.15) is 31.1 Å². The number of aliphatic hydroxyl groups excluding tert-OH is 1. The van der Waals surface area contributed by atoms with E-state index < -0.39 is 6.10 Å². The molecule has 3 rings (SSSR count). The zero-order chi connectivity index (χ0) is 16.9. The lowest BCUT2D eigenvalue weighted by Crippen LogP contribution is -2.20. The highest BCUT2D eigenvalue weighted by atomic mass is 32.1. The average molecular weight is 347 g/mol. The van der Waals surface area contributed by atoms with Crippen molar-refractivity contribution in [3.8, 4) is 0 Å². The summed E-state index contributed by atoms with van der Waals surface area (Å²) in [4.78, 5) is 24.4. The number of nitrogens with zero attached hydrogens (tertiary/aromatic N) is 4. The van der Waals surface area contributed by atoms with E-state index in [1.807, 2.05) is 6.07 Å². The van der Waals surface area contributed by atoms with E-state index in [1.165, 1.54) is 17.5 Å². The first-order chi connectivity index (χ1) is 11.7. The van der Waals surface area contributed by atoms with Crippen LogP contribution in [0.3, 0.4) is 0 Å². The molecule has 0 saturated carbocycles. The minimum absolute atomic E-state index is 0.0854. The van der Waals surface area contributed by atoms with Gasteiger partial charge in [-0.25, -0.2) is 9.97 Å². The SMILES string of the molecule is CCC(CCc1cc2c(=O)[nH]cnc2s1)CC(O)Cn1cncn1. The van der Waals surface area contributed by atoms with Crippen molar-refractivity contribution in [3.05, 3.63) is 40.3 Å². The zero-order valence-electron chi connectivity index (χ0n) is 13.6. The molecule has 0 bridgehead atoms. The Bertz CT molecular complexity index is 826. The molecule has 0 amide bonds. The molecule has 3 aromatic heterocycles. The standard InChI is InChI=1S/C16H21N5O2S/c1-2-11(5-12(22)7-21-10-17-8-20-21)3-4-13-6-14-15(23)18-9-19-16(14)24-13/h6,8-12,22H,2-5,7H2,1H3,(H,18,19,23). The van der Waals surface area contributed by atoms with E-state index >= 15 is 0 Å². The number of hydrogen-bond donors (Lipinski definition) is 2. The lowest BCUT2D eigenvalue weighted by atomic mass is 9.93. The Morgan fingerprint density at radius 1 is 1.46 bits per heavy atom. The van der Waals surface area contributed by atoms with E-state index in [-0.39, 0.29) is 5.56 Å². The second kappa shape index (κ2) is 7.67. The molecule has 2 N–H and O–H groups in total. The molecule has 0 aliphatic heterocycles. The van der Waals surface area contributed by atoms with E-state index in [0.29, 0.717) is 17.8 Å². The number of aliphatic hydroxyl groups is 1. The van der Waals surface area contributed by atoms with Crippen LogP contribution in [0.4, 0.5) is 0 Å². The van der Waals surface area contributed by atoms with Gasteiger partial charge in [0.2, 0.25) is 0 Å². The molecule has 8 heteroatoms. The van der Waals surface area contributed by atoms with Gasteiger partial charge in [0.05, 0.1) is 24.4 Å². The maximum atomic E-state index is 11.7. The molecule has 0 spiro atoms. The van der Waals surface area contributed by atoms with E-state index in [1.54, 1.807) is 22.3 Å². The van der Waals surface area contributed by atoms with Gasteiger partial charge in [0.1, 0.15) is 17.5 Å². The fourth-order valence-electron chi connectivity index (χ4n) is 2.88. The van der Waals surface area contributed by atoms with Crippen LogP contribution in [0.15, 0.2) is 29.8 Å². The maximum Gasteiger partial charge on any atom is 0.259 e. The van der Waals surface area contributed by atoms with Crippen molar-refractivity contribution < 1.29 is 5.11 Å². The second-order valence-electron chi connectivity index (χ2n) is 5.98. The molecule has 0 fully saturated rings. The average Bonchev–Trinajstić information content (AvgIpc) is 3.21. The molecule has 0 saturated heterocycles. The topological polar surface area (TPSA) is 96.7 Å². The zero-order valence-corrected chi connectivity index (χ0v) is 14.4. The van der Waals surface area contributed by atoms with Gasteiger partial charge in [0.25, 0.3) is 5.56 Å². The third-order valence-electron chi connectivity index (χ3n) is 4.23. The third kappa shape index (κ3) is 4.07. The Morgan fingerprint density at radius 2 is 2.33 bits per heavy atom. The quantitative estimate of drug-likeness (QED) is 0.649. The lowest BCUT2D eigenvalue weighted by Gasteiger charge is -2.18. The molecule has 24 heavy (non-hydrogen) atoms. The van der Waals surface area contributed by atoms with Crippen molar-refractivity contribution in [3.63, 3.8) is 0 Å². The number of aryl methyl sites for hydroxylation is 1. The van der Waals surface area contributed by atoms with Crippen LogP contribution in [0, 0.1) is 5.92 Å².